The van der Waals surface area contributed by atoms with Gasteiger partial charge in [0.2, 0.25) is 12.0 Å². The van der Waals surface area contributed by atoms with Gasteiger partial charge in [-0.05, 0) is 55.4 Å². The Balaban J connectivity index is 3.44. The molecule has 5 atom stereocenters. The number of hydrogen-bond acceptors (Lipinski definition) is 9. The highest BCUT2D eigenvalue weighted by Crippen LogP contribution is 2.25. The molecule has 0 aromatic rings. The van der Waals surface area contributed by atoms with Gasteiger partial charge in [-0.15, -0.1) is 0 Å². The van der Waals surface area contributed by atoms with Crippen molar-refractivity contribution < 1.29 is 38.1 Å². The lowest BCUT2D eigenvalue weighted by molar-refractivity contribution is -0.190. The van der Waals surface area contributed by atoms with Crippen molar-refractivity contribution in [1.82, 2.24) is 5.32 Å². The van der Waals surface area contributed by atoms with Crippen LogP contribution < -0.4 is 5.32 Å². The first-order valence-corrected chi connectivity index (χ1v) is 12.0. The van der Waals surface area contributed by atoms with E-state index in [4.69, 9.17) is 28.5 Å². The highest BCUT2D eigenvalue weighted by molar-refractivity contribution is 5.97. The van der Waals surface area contributed by atoms with Gasteiger partial charge < -0.3 is 33.8 Å². The molecule has 0 spiro atoms. The van der Waals surface area contributed by atoms with Gasteiger partial charge in [-0.1, -0.05) is 5.16 Å². The minimum absolute atomic E-state index is 0.0120. The van der Waals surface area contributed by atoms with Gasteiger partial charge in [0.15, 0.2) is 0 Å². The Morgan fingerprint density at radius 3 is 1.97 bits per heavy atom. The van der Waals surface area contributed by atoms with Crippen molar-refractivity contribution in [2.24, 2.45) is 5.16 Å². The molecular weight excluding hydrogens is 444 g/mol. The van der Waals surface area contributed by atoms with Crippen LogP contribution in [-0.4, -0.2) is 86.2 Å². The molecule has 1 aliphatic heterocycles. The fourth-order valence-electron chi connectivity index (χ4n) is 3.61. The first-order chi connectivity index (χ1) is 15.8. The quantitative estimate of drug-likeness (QED) is 0.350. The summed E-state index contributed by atoms with van der Waals surface area (Å²) in [5.74, 6) is -0.822. The van der Waals surface area contributed by atoms with Crippen LogP contribution in [0.5, 0.6) is 0 Å². The predicted octanol–water partition coefficient (Wildman–Crippen LogP) is 2.61. The molecule has 0 aromatic carbocycles. The summed E-state index contributed by atoms with van der Waals surface area (Å²) in [7, 11) is 1.29. The van der Waals surface area contributed by atoms with Crippen LogP contribution in [0.25, 0.3) is 0 Å². The predicted molar refractivity (Wildman–Crippen MR) is 128 cm³/mol. The van der Waals surface area contributed by atoms with Gasteiger partial charge in [-0.25, -0.2) is 4.79 Å². The zero-order chi connectivity index (χ0) is 26.0. The molecule has 1 aliphatic rings. The lowest BCUT2D eigenvalue weighted by Crippen LogP contribution is -2.59. The number of carbonyl (C=O) groups is 2. The van der Waals surface area contributed by atoms with Crippen molar-refractivity contribution in [3.05, 3.63) is 0 Å². The number of oxime groups is 1. The molecule has 1 rings (SSSR count). The van der Waals surface area contributed by atoms with Crippen molar-refractivity contribution >= 4 is 17.6 Å². The first-order valence-electron chi connectivity index (χ1n) is 12.0. The van der Waals surface area contributed by atoms with Crippen LogP contribution in [-0.2, 0) is 38.1 Å². The average molecular weight is 489 g/mol. The second-order valence-corrected chi connectivity index (χ2v) is 9.49. The van der Waals surface area contributed by atoms with Crippen LogP contribution in [0.2, 0.25) is 0 Å². The number of nitrogens with zero attached hydrogens (tertiary/aromatic N) is 1. The Labute approximate surface area is 204 Å². The summed E-state index contributed by atoms with van der Waals surface area (Å²) < 4.78 is 29.6. The molecule has 1 N–H and O–H groups in total. The molecule has 1 heterocycles. The van der Waals surface area contributed by atoms with Gasteiger partial charge in [0.1, 0.15) is 18.3 Å². The number of methoxy groups -OCH3 is 1. The maximum absolute atomic E-state index is 12.2. The van der Waals surface area contributed by atoms with Gasteiger partial charge in [0, 0.05) is 13.3 Å². The summed E-state index contributed by atoms with van der Waals surface area (Å²) in [6, 6.07) is -0.726. The monoisotopic (exact) mass is 488 g/mol. The summed E-state index contributed by atoms with van der Waals surface area (Å²) in [4.78, 5) is 29.5. The second-order valence-electron chi connectivity index (χ2n) is 9.49. The molecule has 0 saturated carbocycles. The molecule has 1 amide bonds. The zero-order valence-electron chi connectivity index (χ0n) is 22.3. The van der Waals surface area contributed by atoms with E-state index in [9.17, 15) is 9.59 Å². The van der Waals surface area contributed by atoms with E-state index in [1.54, 1.807) is 0 Å². The molecule has 10 nitrogen and oxygen atoms in total. The highest BCUT2D eigenvalue weighted by atomic mass is 16.7. The van der Waals surface area contributed by atoms with Gasteiger partial charge >= 0.3 is 5.97 Å². The van der Waals surface area contributed by atoms with E-state index in [0.717, 1.165) is 0 Å². The fourth-order valence-corrected chi connectivity index (χ4v) is 3.61. The summed E-state index contributed by atoms with van der Waals surface area (Å²) in [6.07, 6.45) is -3.04. The number of ether oxygens (including phenoxy) is 5. The largest absolute Gasteiger partial charge is 0.466 e. The average Bonchev–Trinajstić information content (AvgIpc) is 3.20. The van der Waals surface area contributed by atoms with Crippen LogP contribution >= 0.6 is 0 Å². The van der Waals surface area contributed by atoms with Gasteiger partial charge in [0.25, 0.3) is 0 Å². The van der Waals surface area contributed by atoms with Crippen molar-refractivity contribution in [3.63, 3.8) is 0 Å². The SMILES string of the molecule is COC(=O)C1CC([C@@H](NC(C)=O)[C@@H](OC(C)C)[C@H](OC(C)C)[C@@H](COC(C)C)OC(C)C)=NO1. The fraction of sp³-hybridized carbons (Fsp3) is 0.875. The number of nitrogens with one attached hydrogen (secondary N) is 1. The third-order valence-electron chi connectivity index (χ3n) is 4.79. The number of esters is 1. The van der Waals surface area contributed by atoms with E-state index < -0.39 is 36.4 Å². The molecule has 34 heavy (non-hydrogen) atoms. The normalized spacial score (nSPS) is 19.7. The highest BCUT2D eigenvalue weighted by Gasteiger charge is 2.44. The molecular formula is C24H44N2O8. The van der Waals surface area contributed by atoms with Crippen LogP contribution in [0.4, 0.5) is 0 Å². The van der Waals surface area contributed by atoms with Crippen LogP contribution in [0, 0.1) is 0 Å². The third-order valence-corrected chi connectivity index (χ3v) is 4.79. The lowest BCUT2D eigenvalue weighted by Gasteiger charge is -2.40. The van der Waals surface area contributed by atoms with Gasteiger partial charge in [-0.3, -0.25) is 4.79 Å². The van der Waals surface area contributed by atoms with Crippen LogP contribution in [0.1, 0.15) is 68.7 Å². The van der Waals surface area contributed by atoms with Crippen LogP contribution in [0.15, 0.2) is 5.16 Å². The molecule has 198 valence electrons. The maximum atomic E-state index is 12.2. The summed E-state index contributed by atoms with van der Waals surface area (Å²) in [6.45, 7) is 17.1. The van der Waals surface area contributed by atoms with E-state index in [1.807, 2.05) is 55.4 Å². The van der Waals surface area contributed by atoms with Gasteiger partial charge in [0.05, 0.1) is 49.9 Å². The Kier molecular flexibility index (Phi) is 13.0. The topological polar surface area (TPSA) is 114 Å². The third kappa shape index (κ3) is 10.2. The van der Waals surface area contributed by atoms with Crippen molar-refractivity contribution in [2.75, 3.05) is 13.7 Å². The number of rotatable bonds is 15. The minimum atomic E-state index is -0.882. The molecule has 0 radical (unpaired) electrons. The van der Waals surface area contributed by atoms with E-state index in [0.29, 0.717) is 5.71 Å². The molecule has 1 unspecified atom stereocenters. The number of carbonyl (C=O) groups excluding carboxylic acids is 2. The van der Waals surface area contributed by atoms with E-state index >= 15 is 0 Å². The van der Waals surface area contributed by atoms with E-state index in [1.165, 1.54) is 14.0 Å². The van der Waals surface area contributed by atoms with Crippen LogP contribution in [0.3, 0.4) is 0 Å². The summed E-state index contributed by atoms with van der Waals surface area (Å²) in [5.41, 5.74) is 0.460. The Bertz CT molecular complexity index is 665. The zero-order valence-corrected chi connectivity index (χ0v) is 22.3. The number of hydrogen-bond donors (Lipinski definition) is 1. The summed E-state index contributed by atoms with van der Waals surface area (Å²) in [5, 5.41) is 7.05. The molecule has 0 aliphatic carbocycles. The lowest BCUT2D eigenvalue weighted by atomic mass is 9.93. The summed E-state index contributed by atoms with van der Waals surface area (Å²) >= 11 is 0. The molecule has 0 aromatic heterocycles. The minimum Gasteiger partial charge on any atom is -0.466 e. The standard InChI is InChI=1S/C24H44N2O8/c1-13(2)30-12-20(31-14(3)4)22(32-15(5)6)23(33-16(7)8)21(25-17(9)27)18-11-19(34-26-18)24(28)29-10/h13-16,19-23H,11-12H2,1-10H3,(H,25,27)/t19?,20-,21-,22-,23-/m1/s1. The Hall–Kier alpha value is -1.75. The number of amides is 1. The second kappa shape index (κ2) is 14.6. The molecule has 10 heteroatoms. The van der Waals surface area contributed by atoms with E-state index in [2.05, 4.69) is 10.5 Å². The van der Waals surface area contributed by atoms with Gasteiger partial charge in [-0.2, -0.15) is 0 Å². The smallest absolute Gasteiger partial charge is 0.350 e. The Morgan fingerprint density at radius 2 is 1.50 bits per heavy atom. The van der Waals surface area contributed by atoms with Crippen molar-refractivity contribution in [2.45, 2.75) is 124 Å². The Morgan fingerprint density at radius 1 is 0.941 bits per heavy atom. The van der Waals surface area contributed by atoms with E-state index in [-0.39, 0.29) is 43.4 Å². The van der Waals surface area contributed by atoms with Crippen molar-refractivity contribution in [3.8, 4) is 0 Å². The molecule has 0 fully saturated rings. The maximum Gasteiger partial charge on any atom is 0.350 e. The van der Waals surface area contributed by atoms with Crippen molar-refractivity contribution in [1.29, 1.82) is 0 Å². The molecule has 0 saturated heterocycles. The molecule has 0 bridgehead atoms. The first kappa shape index (κ1) is 30.3.